The Balaban J connectivity index is 2.13. The first kappa shape index (κ1) is 10.7. The summed E-state index contributed by atoms with van der Waals surface area (Å²) in [4.78, 5) is 11.3. The van der Waals surface area contributed by atoms with Gasteiger partial charge in [0.2, 0.25) is 0 Å². The molecule has 0 aromatic heterocycles. The molecule has 0 atom stereocenters. The Bertz CT molecular complexity index is 690. The molecule has 5 heteroatoms. The molecule has 90 valence electrons. The molecule has 2 aliphatic rings. The minimum Gasteiger partial charge on any atom is -0.464 e. The topological polar surface area (TPSA) is 65.2 Å². The normalized spacial score (nSPS) is 10.9. The summed E-state index contributed by atoms with van der Waals surface area (Å²) in [6, 6.07) is 5.19. The Morgan fingerprint density at radius 3 is 3.17 bits per heavy atom. The molecule has 3 rings (SSSR count). The van der Waals surface area contributed by atoms with Gasteiger partial charge in [0.05, 0.1) is 11.8 Å². The highest BCUT2D eigenvalue weighted by atomic mass is 16.5. The van der Waals surface area contributed by atoms with Crippen molar-refractivity contribution in [1.82, 2.24) is 10.2 Å². The summed E-state index contributed by atoms with van der Waals surface area (Å²) in [6.45, 7) is 1.75. The van der Waals surface area contributed by atoms with E-state index in [1.807, 2.05) is 0 Å². The van der Waals surface area contributed by atoms with Crippen molar-refractivity contribution in [2.75, 3.05) is 0 Å². The van der Waals surface area contributed by atoms with E-state index in [0.717, 1.165) is 16.6 Å². The van der Waals surface area contributed by atoms with E-state index in [2.05, 4.69) is 10.2 Å². The first-order chi connectivity index (χ1) is 8.78. The minimum absolute atomic E-state index is 0.271. The third kappa shape index (κ3) is 1.69. The van der Waals surface area contributed by atoms with E-state index in [9.17, 15) is 4.79 Å². The van der Waals surface area contributed by atoms with Crippen molar-refractivity contribution in [3.05, 3.63) is 30.7 Å². The van der Waals surface area contributed by atoms with Gasteiger partial charge in [-0.05, 0) is 18.2 Å². The molecular weight excluding hydrogens is 232 g/mol. The molecule has 0 saturated carbocycles. The van der Waals surface area contributed by atoms with E-state index >= 15 is 0 Å². The van der Waals surface area contributed by atoms with Gasteiger partial charge < -0.3 is 9.15 Å². The average molecular weight is 242 g/mol. The van der Waals surface area contributed by atoms with Crippen LogP contribution in [-0.4, -0.2) is 16.2 Å². The predicted octanol–water partition coefficient (Wildman–Crippen LogP) is 2.64. The van der Waals surface area contributed by atoms with E-state index in [4.69, 9.17) is 9.15 Å². The van der Waals surface area contributed by atoms with Crippen LogP contribution in [0.2, 0.25) is 0 Å². The van der Waals surface area contributed by atoms with Crippen molar-refractivity contribution >= 4 is 16.9 Å². The van der Waals surface area contributed by atoms with E-state index in [1.54, 1.807) is 37.6 Å². The highest BCUT2D eigenvalue weighted by Crippen LogP contribution is 2.31. The third-order valence-corrected chi connectivity index (χ3v) is 2.67. The smallest absolute Gasteiger partial charge is 0.310 e. The van der Waals surface area contributed by atoms with Gasteiger partial charge in [-0.3, -0.25) is 4.79 Å². The Morgan fingerprint density at radius 1 is 1.44 bits per heavy atom. The van der Waals surface area contributed by atoms with Crippen molar-refractivity contribution in [2.45, 2.75) is 13.3 Å². The molecule has 0 spiro atoms. The van der Waals surface area contributed by atoms with E-state index in [0.29, 0.717) is 17.8 Å². The molecule has 2 heterocycles. The average Bonchev–Trinajstić information content (AvgIpc) is 2.87. The summed E-state index contributed by atoms with van der Waals surface area (Å²) in [6.07, 6.45) is 3.57. The zero-order chi connectivity index (χ0) is 12.5. The van der Waals surface area contributed by atoms with Crippen molar-refractivity contribution in [3.8, 4) is 17.0 Å². The zero-order valence-corrected chi connectivity index (χ0v) is 9.71. The number of rotatable bonds is 2. The number of nitrogens with zero attached hydrogens (tertiary/aromatic N) is 2. The fraction of sp³-hybridized carbons (Fsp3) is 0.154. The highest BCUT2D eigenvalue weighted by molar-refractivity contribution is 5.92. The molecule has 0 fully saturated rings. The number of hydrogen-bond donors (Lipinski definition) is 0. The lowest BCUT2D eigenvalue weighted by Gasteiger charge is -2.05. The number of ether oxygens (including phenoxy) is 1. The Morgan fingerprint density at radius 2 is 2.33 bits per heavy atom. The van der Waals surface area contributed by atoms with Gasteiger partial charge in [-0.25, -0.2) is 0 Å². The van der Waals surface area contributed by atoms with Crippen LogP contribution in [0.4, 0.5) is 0 Å². The fourth-order valence-electron chi connectivity index (χ4n) is 1.75. The molecule has 2 aliphatic heterocycles. The second kappa shape index (κ2) is 4.10. The van der Waals surface area contributed by atoms with Crippen molar-refractivity contribution in [3.63, 3.8) is 0 Å². The second-order valence-electron chi connectivity index (χ2n) is 3.87. The van der Waals surface area contributed by atoms with Gasteiger partial charge in [0, 0.05) is 11.8 Å². The summed E-state index contributed by atoms with van der Waals surface area (Å²) in [5, 5.41) is 8.66. The van der Waals surface area contributed by atoms with Crippen LogP contribution in [0.15, 0.2) is 35.1 Å². The first-order valence-electron chi connectivity index (χ1n) is 5.61. The van der Waals surface area contributed by atoms with Gasteiger partial charge >= 0.3 is 5.97 Å². The minimum atomic E-state index is -0.271. The summed E-state index contributed by atoms with van der Waals surface area (Å²) < 4.78 is 10.6. The monoisotopic (exact) mass is 242 g/mol. The van der Waals surface area contributed by atoms with Crippen LogP contribution < -0.4 is 4.74 Å². The molecule has 0 N–H and O–H groups in total. The molecule has 0 saturated heterocycles. The number of benzene rings is 1. The summed E-state index contributed by atoms with van der Waals surface area (Å²) >= 11 is 0. The molecule has 0 aliphatic carbocycles. The molecule has 1 aromatic rings. The van der Waals surface area contributed by atoms with Gasteiger partial charge in [-0.2, -0.15) is 5.10 Å². The van der Waals surface area contributed by atoms with Crippen LogP contribution in [0.3, 0.4) is 0 Å². The van der Waals surface area contributed by atoms with E-state index < -0.39 is 0 Å². The first-order valence-corrected chi connectivity index (χ1v) is 5.61. The number of carbonyl (C=O) groups excluding carboxylic acids is 1. The fourth-order valence-corrected chi connectivity index (χ4v) is 1.75. The lowest BCUT2D eigenvalue weighted by Crippen LogP contribution is -2.05. The van der Waals surface area contributed by atoms with E-state index in [1.165, 1.54) is 0 Å². The molecule has 18 heavy (non-hydrogen) atoms. The third-order valence-electron chi connectivity index (χ3n) is 2.67. The van der Waals surface area contributed by atoms with Crippen LogP contribution in [0, 0.1) is 0 Å². The van der Waals surface area contributed by atoms with Crippen LogP contribution in [0.1, 0.15) is 13.3 Å². The van der Waals surface area contributed by atoms with Crippen LogP contribution in [0.5, 0.6) is 5.75 Å². The summed E-state index contributed by atoms with van der Waals surface area (Å²) in [5.41, 5.74) is 2.24. The maximum Gasteiger partial charge on any atom is 0.310 e. The van der Waals surface area contributed by atoms with Crippen LogP contribution >= 0.6 is 0 Å². The lowest BCUT2D eigenvalue weighted by atomic mass is 10.1. The number of fused-ring (bicyclic) bond motifs is 3. The molecule has 0 amide bonds. The molecule has 0 unspecified atom stereocenters. The molecule has 0 bridgehead atoms. The Hall–Kier alpha value is -2.43. The SMILES string of the molecule is CCC(=O)Oc1ccc2occ3cnnc-3c2c1. The van der Waals surface area contributed by atoms with Gasteiger partial charge in [0.25, 0.3) is 0 Å². The lowest BCUT2D eigenvalue weighted by molar-refractivity contribution is -0.134. The molecule has 1 aromatic carbocycles. The number of esters is 1. The van der Waals surface area contributed by atoms with Crippen LogP contribution in [-0.2, 0) is 4.79 Å². The largest absolute Gasteiger partial charge is 0.464 e. The van der Waals surface area contributed by atoms with Crippen molar-refractivity contribution in [2.24, 2.45) is 0 Å². The summed E-state index contributed by atoms with van der Waals surface area (Å²) in [5.74, 6) is 0.215. The van der Waals surface area contributed by atoms with Crippen molar-refractivity contribution < 1.29 is 13.9 Å². The Labute approximate surface area is 103 Å². The van der Waals surface area contributed by atoms with Crippen LogP contribution in [0.25, 0.3) is 22.2 Å². The molecular formula is C13H10N2O3. The molecule has 0 radical (unpaired) electrons. The number of carbonyl (C=O) groups is 1. The van der Waals surface area contributed by atoms with E-state index in [-0.39, 0.29) is 5.97 Å². The van der Waals surface area contributed by atoms with Gasteiger partial charge in [-0.1, -0.05) is 6.92 Å². The van der Waals surface area contributed by atoms with Gasteiger partial charge in [-0.15, -0.1) is 5.10 Å². The maximum absolute atomic E-state index is 11.3. The molecule has 5 nitrogen and oxygen atoms in total. The second-order valence-corrected chi connectivity index (χ2v) is 3.87. The standard InChI is InChI=1S/C13H10N2O3/c1-2-12(16)18-9-3-4-11-10(5-9)13-8(7-17-11)6-14-15-13/h3-7H,2H2,1H3. The maximum atomic E-state index is 11.3. The number of hydrogen-bond acceptors (Lipinski definition) is 5. The number of aromatic nitrogens is 2. The predicted molar refractivity (Wildman–Crippen MR) is 64.4 cm³/mol. The van der Waals surface area contributed by atoms with Gasteiger partial charge in [0.15, 0.2) is 0 Å². The van der Waals surface area contributed by atoms with Gasteiger partial charge in [0.1, 0.15) is 23.3 Å². The highest BCUT2D eigenvalue weighted by Gasteiger charge is 2.13. The van der Waals surface area contributed by atoms with Crippen molar-refractivity contribution in [1.29, 1.82) is 0 Å². The quantitative estimate of drug-likeness (QED) is 0.510. The Kier molecular flexibility index (Phi) is 2.44. The summed E-state index contributed by atoms with van der Waals surface area (Å²) in [7, 11) is 0. The zero-order valence-electron chi connectivity index (χ0n) is 9.71.